The third-order valence-corrected chi connectivity index (χ3v) is 5.15. The smallest absolute Gasteiger partial charge is 0.243 e. The van der Waals surface area contributed by atoms with Crippen LogP contribution in [0.15, 0.2) is 33.6 Å². The van der Waals surface area contributed by atoms with Crippen molar-refractivity contribution in [3.63, 3.8) is 0 Å². The molecule has 0 radical (unpaired) electrons. The lowest BCUT2D eigenvalue weighted by Gasteiger charge is -2.15. The van der Waals surface area contributed by atoms with Gasteiger partial charge in [-0.2, -0.15) is 4.31 Å². The number of methoxy groups -OCH3 is 1. The van der Waals surface area contributed by atoms with Crippen LogP contribution >= 0.6 is 0 Å². The van der Waals surface area contributed by atoms with Gasteiger partial charge < -0.3 is 9.15 Å². The van der Waals surface area contributed by atoms with Gasteiger partial charge in [0, 0.05) is 7.11 Å². The molecule has 0 bridgehead atoms. The molecule has 0 N–H and O–H groups in total. The van der Waals surface area contributed by atoms with Crippen molar-refractivity contribution in [1.29, 1.82) is 0 Å². The first-order chi connectivity index (χ1) is 10.0. The molecule has 2 heterocycles. The van der Waals surface area contributed by atoms with Gasteiger partial charge in [0.1, 0.15) is 12.4 Å². The highest BCUT2D eigenvalue weighted by atomic mass is 32.2. The molecule has 21 heavy (non-hydrogen) atoms. The number of sulfonamides is 1. The Morgan fingerprint density at radius 1 is 1.38 bits per heavy atom. The molecule has 0 aliphatic carbocycles. The second kappa shape index (κ2) is 5.25. The normalized spacial score (nSPS) is 15.3. The van der Waals surface area contributed by atoms with E-state index >= 15 is 0 Å². The van der Waals surface area contributed by atoms with Crippen LogP contribution in [-0.4, -0.2) is 24.8 Å². The monoisotopic (exact) mass is 308 g/mol. The van der Waals surface area contributed by atoms with E-state index in [1.807, 2.05) is 13.0 Å². The Kier molecular flexibility index (Phi) is 3.56. The third-order valence-electron chi connectivity index (χ3n) is 3.36. The van der Waals surface area contributed by atoms with Crippen molar-refractivity contribution in [3.05, 3.63) is 47.2 Å². The number of fused-ring (bicyclic) bond motifs is 1. The first-order valence-corrected chi connectivity index (χ1v) is 7.98. The third kappa shape index (κ3) is 2.59. The second-order valence-electron chi connectivity index (χ2n) is 5.00. The Labute approximate surface area is 123 Å². The predicted octanol–water partition coefficient (Wildman–Crippen LogP) is 1.83. The van der Waals surface area contributed by atoms with Crippen molar-refractivity contribution in [1.82, 2.24) is 9.29 Å². The minimum absolute atomic E-state index is 0.211. The van der Waals surface area contributed by atoms with Crippen molar-refractivity contribution in [3.8, 4) is 0 Å². The summed E-state index contributed by atoms with van der Waals surface area (Å²) in [6.45, 7) is 2.60. The summed E-state index contributed by atoms with van der Waals surface area (Å²) in [5.41, 5.74) is 1.57. The zero-order valence-electron chi connectivity index (χ0n) is 11.9. The average Bonchev–Trinajstić information content (AvgIpc) is 2.97. The maximum atomic E-state index is 12.6. The molecule has 0 spiro atoms. The molecule has 1 aliphatic rings. The van der Waals surface area contributed by atoms with E-state index in [4.69, 9.17) is 9.15 Å². The van der Waals surface area contributed by atoms with E-state index in [2.05, 4.69) is 4.98 Å². The number of aryl methyl sites for hydroxylation is 1. The van der Waals surface area contributed by atoms with E-state index in [1.54, 1.807) is 25.3 Å². The van der Waals surface area contributed by atoms with Crippen LogP contribution in [0.2, 0.25) is 0 Å². The largest absolute Gasteiger partial charge is 0.441 e. The van der Waals surface area contributed by atoms with Gasteiger partial charge in [0.25, 0.3) is 0 Å². The minimum atomic E-state index is -3.52. The Hall–Kier alpha value is -1.70. The van der Waals surface area contributed by atoms with Gasteiger partial charge in [0.15, 0.2) is 0 Å². The highest BCUT2D eigenvalue weighted by molar-refractivity contribution is 7.89. The topological polar surface area (TPSA) is 72.6 Å². The Morgan fingerprint density at radius 2 is 2.19 bits per heavy atom. The van der Waals surface area contributed by atoms with E-state index in [-0.39, 0.29) is 19.7 Å². The van der Waals surface area contributed by atoms with Gasteiger partial charge in [-0.15, -0.1) is 0 Å². The SMILES string of the molecule is COCc1nc2c(o1)CN(S(=O)(=O)c1cccc(C)c1)C2. The van der Waals surface area contributed by atoms with Crippen LogP contribution in [0.25, 0.3) is 0 Å². The number of nitrogens with zero attached hydrogens (tertiary/aromatic N) is 2. The number of oxazole rings is 1. The molecular weight excluding hydrogens is 292 g/mol. The summed E-state index contributed by atoms with van der Waals surface area (Å²) in [7, 11) is -1.96. The van der Waals surface area contributed by atoms with Gasteiger partial charge in [0.2, 0.25) is 15.9 Å². The van der Waals surface area contributed by atoms with Crippen LogP contribution in [-0.2, 0) is 34.5 Å². The first kappa shape index (κ1) is 14.2. The van der Waals surface area contributed by atoms with E-state index < -0.39 is 10.0 Å². The van der Waals surface area contributed by atoms with Gasteiger partial charge in [0.05, 0.1) is 23.7 Å². The van der Waals surface area contributed by atoms with Gasteiger partial charge in [-0.25, -0.2) is 13.4 Å². The number of hydrogen-bond donors (Lipinski definition) is 0. The summed E-state index contributed by atoms with van der Waals surface area (Å²) in [4.78, 5) is 4.55. The van der Waals surface area contributed by atoms with Crippen LogP contribution in [0.5, 0.6) is 0 Å². The molecule has 0 amide bonds. The van der Waals surface area contributed by atoms with Gasteiger partial charge in [-0.05, 0) is 24.6 Å². The molecular formula is C14H16N2O4S. The van der Waals surface area contributed by atoms with Gasteiger partial charge in [-0.3, -0.25) is 0 Å². The van der Waals surface area contributed by atoms with E-state index in [1.165, 1.54) is 4.31 Å². The van der Waals surface area contributed by atoms with Crippen molar-refractivity contribution < 1.29 is 17.6 Å². The number of benzene rings is 1. The zero-order chi connectivity index (χ0) is 15.0. The van der Waals surface area contributed by atoms with Crippen LogP contribution in [0.3, 0.4) is 0 Å². The van der Waals surface area contributed by atoms with Crippen LogP contribution in [0.1, 0.15) is 22.9 Å². The fraction of sp³-hybridized carbons (Fsp3) is 0.357. The first-order valence-electron chi connectivity index (χ1n) is 6.54. The molecule has 7 heteroatoms. The number of rotatable bonds is 4. The van der Waals surface area contributed by atoms with Crippen molar-refractivity contribution in [2.24, 2.45) is 0 Å². The lowest BCUT2D eigenvalue weighted by atomic mass is 10.2. The molecule has 2 aromatic rings. The Bertz CT molecular complexity index is 744. The van der Waals surface area contributed by atoms with Crippen LogP contribution in [0, 0.1) is 6.92 Å². The maximum absolute atomic E-state index is 12.6. The minimum Gasteiger partial charge on any atom is -0.441 e. The van der Waals surface area contributed by atoms with Crippen LogP contribution < -0.4 is 0 Å². The van der Waals surface area contributed by atoms with Crippen molar-refractivity contribution in [2.75, 3.05) is 7.11 Å². The molecule has 6 nitrogen and oxygen atoms in total. The van der Waals surface area contributed by atoms with E-state index in [0.29, 0.717) is 22.2 Å². The summed E-state index contributed by atoms with van der Waals surface area (Å²) in [6, 6.07) is 6.88. The molecule has 3 rings (SSSR count). The molecule has 0 saturated heterocycles. The summed E-state index contributed by atoms with van der Waals surface area (Å²) < 4.78 is 37.0. The van der Waals surface area contributed by atoms with Gasteiger partial charge in [-0.1, -0.05) is 12.1 Å². The average molecular weight is 308 g/mol. The quantitative estimate of drug-likeness (QED) is 0.861. The summed E-state index contributed by atoms with van der Waals surface area (Å²) in [5, 5.41) is 0. The highest BCUT2D eigenvalue weighted by Gasteiger charge is 2.34. The molecule has 1 aromatic heterocycles. The summed E-state index contributed by atoms with van der Waals surface area (Å²) in [5.74, 6) is 1.08. The molecule has 0 unspecified atom stereocenters. The fourth-order valence-electron chi connectivity index (χ4n) is 2.35. The lowest BCUT2D eigenvalue weighted by Crippen LogP contribution is -2.26. The molecule has 0 saturated carbocycles. The maximum Gasteiger partial charge on any atom is 0.243 e. The van der Waals surface area contributed by atoms with E-state index in [0.717, 1.165) is 5.56 Å². The highest BCUT2D eigenvalue weighted by Crippen LogP contribution is 2.29. The molecule has 1 aliphatic heterocycles. The fourth-order valence-corrected chi connectivity index (χ4v) is 3.81. The van der Waals surface area contributed by atoms with Gasteiger partial charge >= 0.3 is 0 Å². The van der Waals surface area contributed by atoms with Crippen LogP contribution in [0.4, 0.5) is 0 Å². The molecule has 112 valence electrons. The molecule has 0 atom stereocenters. The Morgan fingerprint density at radius 3 is 2.86 bits per heavy atom. The van der Waals surface area contributed by atoms with Crippen molar-refractivity contribution in [2.45, 2.75) is 31.5 Å². The summed E-state index contributed by atoms with van der Waals surface area (Å²) in [6.07, 6.45) is 0. The van der Waals surface area contributed by atoms with Crippen molar-refractivity contribution >= 4 is 10.0 Å². The number of ether oxygens (including phenoxy) is 1. The Balaban J connectivity index is 1.84. The standard InChI is InChI=1S/C14H16N2O4S/c1-10-4-3-5-11(6-10)21(17,18)16-7-12-13(8-16)20-14(15-12)9-19-2/h3-6H,7-9H2,1-2H3. The number of hydrogen-bond acceptors (Lipinski definition) is 5. The second-order valence-corrected chi connectivity index (χ2v) is 6.94. The summed E-state index contributed by atoms with van der Waals surface area (Å²) >= 11 is 0. The zero-order valence-corrected chi connectivity index (χ0v) is 12.7. The number of aromatic nitrogens is 1. The lowest BCUT2D eigenvalue weighted by molar-refractivity contribution is 0.156. The van der Waals surface area contributed by atoms with E-state index in [9.17, 15) is 8.42 Å². The molecule has 1 aromatic carbocycles. The predicted molar refractivity (Wildman–Crippen MR) is 74.8 cm³/mol. The molecule has 0 fully saturated rings.